The quantitative estimate of drug-likeness (QED) is 0.433. The number of benzene rings is 2. The lowest BCUT2D eigenvalue weighted by Gasteiger charge is -2.16. The van der Waals surface area contributed by atoms with Crippen LogP contribution in [0.15, 0.2) is 70.4 Å². The molecule has 27 heavy (non-hydrogen) atoms. The molecule has 0 spiro atoms. The van der Waals surface area contributed by atoms with Crippen molar-refractivity contribution in [2.45, 2.75) is 9.79 Å². The van der Waals surface area contributed by atoms with Gasteiger partial charge in [0.1, 0.15) is 4.90 Å². The highest BCUT2D eigenvalue weighted by Gasteiger charge is 2.32. The number of sulfone groups is 1. The summed E-state index contributed by atoms with van der Waals surface area (Å²) in [5.41, 5.74) is -0.0414. The van der Waals surface area contributed by atoms with Crippen LogP contribution in [0.25, 0.3) is 11.1 Å². The minimum atomic E-state index is -4.46. The average molecular weight is 408 g/mol. The van der Waals surface area contributed by atoms with Gasteiger partial charge in [0.2, 0.25) is 9.84 Å². The number of rotatable bonds is 4. The molecule has 0 atom stereocenters. The van der Waals surface area contributed by atoms with Crippen LogP contribution in [0.5, 0.6) is 11.5 Å². The fourth-order valence-corrected chi connectivity index (χ4v) is 3.75. The van der Waals surface area contributed by atoms with Gasteiger partial charge in [-0.2, -0.15) is 26.3 Å². The van der Waals surface area contributed by atoms with E-state index in [-0.39, 0.29) is 16.0 Å². The molecule has 4 aliphatic rings. The van der Waals surface area contributed by atoms with Crippen LogP contribution in [-0.4, -0.2) is 8.42 Å². The molecule has 0 fully saturated rings. The molecule has 142 valence electrons. The zero-order chi connectivity index (χ0) is 19.9. The summed E-state index contributed by atoms with van der Waals surface area (Å²) in [4.78, 5) is -1.19. The Bertz CT molecular complexity index is 1080. The average Bonchev–Trinajstić information content (AvgIpc) is 2.72. The van der Waals surface area contributed by atoms with Crippen molar-refractivity contribution in [3.8, 4) is 22.6 Å². The molecule has 4 heterocycles. The maximum Gasteiger partial charge on any atom is 0.344 e. The summed E-state index contributed by atoms with van der Waals surface area (Å²) >= 11 is 0. The van der Waals surface area contributed by atoms with Crippen molar-refractivity contribution >= 4 is 9.84 Å². The summed E-state index contributed by atoms with van der Waals surface area (Å²) in [5, 5.41) is 0. The molecule has 0 unspecified atom stereocenters. The van der Waals surface area contributed by atoms with Gasteiger partial charge < -0.3 is 9.47 Å². The van der Waals surface area contributed by atoms with E-state index in [1.807, 2.05) is 0 Å². The Morgan fingerprint density at radius 3 is 1.74 bits per heavy atom. The highest BCUT2D eigenvalue weighted by Crippen LogP contribution is 2.48. The van der Waals surface area contributed by atoms with Gasteiger partial charge in [0.05, 0.1) is 4.90 Å². The molecule has 11 heteroatoms. The fraction of sp³-hybridized carbons (Fsp3) is 0. The smallest absolute Gasteiger partial charge is 0.344 e. The van der Waals surface area contributed by atoms with E-state index in [1.54, 1.807) is 0 Å². The van der Waals surface area contributed by atoms with Crippen LogP contribution in [0.3, 0.4) is 0 Å². The van der Waals surface area contributed by atoms with E-state index in [1.165, 1.54) is 12.1 Å². The molecule has 0 N–H and O–H groups in total. The predicted octanol–water partition coefficient (Wildman–Crippen LogP) is 5.33. The predicted molar refractivity (Wildman–Crippen MR) is 79.3 cm³/mol. The Kier molecular flexibility index (Phi) is 4.64. The zero-order valence-electron chi connectivity index (χ0n) is 12.8. The van der Waals surface area contributed by atoms with Gasteiger partial charge in [-0.05, 0) is 29.8 Å². The summed E-state index contributed by atoms with van der Waals surface area (Å²) in [7, 11) is -4.46. The third kappa shape index (κ3) is 3.25. The second-order valence-corrected chi connectivity index (χ2v) is 6.99. The monoisotopic (exact) mass is 408 g/mol. The van der Waals surface area contributed by atoms with Gasteiger partial charge in [-0.3, -0.25) is 0 Å². The fourth-order valence-electron chi connectivity index (χ4n) is 2.38. The Balaban J connectivity index is 2.41. The van der Waals surface area contributed by atoms with E-state index in [9.17, 15) is 34.8 Å². The van der Waals surface area contributed by atoms with Crippen LogP contribution in [0, 0.1) is 0 Å². The Labute approximate surface area is 147 Å². The van der Waals surface area contributed by atoms with E-state index in [2.05, 4.69) is 9.47 Å². The molecule has 0 amide bonds. The van der Waals surface area contributed by atoms with Crippen LogP contribution in [0.1, 0.15) is 0 Å². The highest BCUT2D eigenvalue weighted by molar-refractivity contribution is 7.91. The number of ether oxygens (including phenoxy) is 2. The van der Waals surface area contributed by atoms with Gasteiger partial charge in [0.25, 0.3) is 0 Å². The van der Waals surface area contributed by atoms with Crippen LogP contribution < -0.4 is 9.47 Å². The lowest BCUT2D eigenvalue weighted by atomic mass is 10.0. The minimum absolute atomic E-state index is 0.152. The largest absolute Gasteiger partial charge is 0.423 e. The Morgan fingerprint density at radius 1 is 0.704 bits per heavy atom. The first-order valence-corrected chi connectivity index (χ1v) is 8.41. The summed E-state index contributed by atoms with van der Waals surface area (Å²) in [6, 6.07) is 1.78. The van der Waals surface area contributed by atoms with Gasteiger partial charge >= 0.3 is 24.2 Å². The van der Waals surface area contributed by atoms with Crippen molar-refractivity contribution in [2.75, 3.05) is 0 Å². The first-order chi connectivity index (χ1) is 12.6. The van der Waals surface area contributed by atoms with Crippen molar-refractivity contribution in [3.63, 3.8) is 0 Å². The van der Waals surface area contributed by atoms with Gasteiger partial charge in [-0.1, -0.05) is 12.1 Å². The van der Waals surface area contributed by atoms with Crippen molar-refractivity contribution in [3.05, 3.63) is 60.6 Å². The molecule has 0 aliphatic carbocycles. The third-order valence-corrected chi connectivity index (χ3v) is 5.31. The Morgan fingerprint density at radius 2 is 1.22 bits per heavy atom. The molecular formula is C16H6F6O4S. The molecule has 6 rings (SSSR count). The van der Waals surface area contributed by atoms with Crippen LogP contribution in [0.4, 0.5) is 26.3 Å². The van der Waals surface area contributed by atoms with E-state index in [4.69, 9.17) is 0 Å². The lowest BCUT2D eigenvalue weighted by molar-refractivity contribution is 0.211. The lowest BCUT2D eigenvalue weighted by Crippen LogP contribution is -2.06. The van der Waals surface area contributed by atoms with Gasteiger partial charge in [-0.15, -0.1) is 0 Å². The van der Waals surface area contributed by atoms with E-state index >= 15 is 0 Å². The molecule has 4 bridgehead atoms. The van der Waals surface area contributed by atoms with Crippen molar-refractivity contribution in [1.29, 1.82) is 0 Å². The van der Waals surface area contributed by atoms with Crippen LogP contribution >= 0.6 is 0 Å². The molecule has 4 nitrogen and oxygen atoms in total. The van der Waals surface area contributed by atoms with Crippen molar-refractivity contribution in [2.24, 2.45) is 0 Å². The third-order valence-electron chi connectivity index (χ3n) is 3.52. The molecule has 0 saturated carbocycles. The first kappa shape index (κ1) is 18.8. The minimum Gasteiger partial charge on any atom is -0.423 e. The summed E-state index contributed by atoms with van der Waals surface area (Å²) in [6.07, 6.45) is -5.85. The first-order valence-electron chi connectivity index (χ1n) is 6.92. The molecule has 2 aromatic rings. The molecule has 2 aromatic carbocycles. The molecule has 0 radical (unpaired) electrons. The topological polar surface area (TPSA) is 52.6 Å². The summed E-state index contributed by atoms with van der Waals surface area (Å²) < 4.78 is 111. The number of halogens is 6. The van der Waals surface area contributed by atoms with Gasteiger partial charge in [0.15, 0.2) is 11.5 Å². The maximum atomic E-state index is 13.4. The van der Waals surface area contributed by atoms with E-state index in [0.717, 1.165) is 24.3 Å². The molecule has 0 aromatic heterocycles. The van der Waals surface area contributed by atoms with Crippen LogP contribution in [-0.2, 0) is 9.84 Å². The van der Waals surface area contributed by atoms with Gasteiger partial charge in [-0.25, -0.2) is 8.42 Å². The molecule has 4 aliphatic heterocycles. The van der Waals surface area contributed by atoms with Crippen molar-refractivity contribution in [1.82, 2.24) is 0 Å². The van der Waals surface area contributed by atoms with Crippen LogP contribution in [0.2, 0.25) is 0 Å². The van der Waals surface area contributed by atoms with E-state index in [0.29, 0.717) is 0 Å². The second-order valence-electron chi connectivity index (χ2n) is 5.07. The number of hydrogen-bond acceptors (Lipinski definition) is 4. The van der Waals surface area contributed by atoms with Crippen molar-refractivity contribution < 1.29 is 44.2 Å². The zero-order valence-corrected chi connectivity index (χ0v) is 13.6. The SMILES string of the molecule is O=S1(=O)c2ccc(cc2)-c2ccc1c(OC(F)=C(F)F)c2OC(F)=C(F)F. The standard InChI is InChI=1S/C16H6F6O4S/c17-13(18)15(21)25-11-9-5-6-10(12(11)26-16(22)14(19)20)27(23,24)8-3-1-7(9)2-4-8/h1-6H. The normalized spacial score (nSPS) is 13.4. The van der Waals surface area contributed by atoms with E-state index < -0.39 is 50.4 Å². The molecular weight excluding hydrogens is 402 g/mol. The second kappa shape index (κ2) is 6.65. The highest BCUT2D eigenvalue weighted by atomic mass is 32.2. The summed E-state index contributed by atoms with van der Waals surface area (Å²) in [6.45, 7) is 0. The maximum absolute atomic E-state index is 13.4. The molecule has 0 saturated heterocycles. The van der Waals surface area contributed by atoms with Gasteiger partial charge in [0, 0.05) is 5.56 Å². The summed E-state index contributed by atoms with van der Waals surface area (Å²) in [5.74, 6) is -2.21. The Hall–Kier alpha value is -2.95. The number of hydrogen-bond donors (Lipinski definition) is 0.